The average molecular weight is 272 g/mol. The Balaban J connectivity index is 2.25. The molecule has 0 aliphatic carbocycles. The normalized spacial score (nSPS) is 10.8. The molecule has 4 nitrogen and oxygen atoms in total. The molecule has 0 aliphatic rings. The lowest BCUT2D eigenvalue weighted by Crippen LogP contribution is -2.41. The minimum atomic E-state index is -0.189. The van der Waals surface area contributed by atoms with Crippen molar-refractivity contribution in [3.63, 3.8) is 0 Å². The van der Waals surface area contributed by atoms with Gasteiger partial charge in [0.25, 0.3) is 0 Å². The zero-order valence-electron chi connectivity index (χ0n) is 11.8. The third-order valence-electron chi connectivity index (χ3n) is 3.26. The molecule has 0 fully saturated rings. The molecule has 0 aliphatic heterocycles. The molecule has 0 unspecified atom stereocenters. The number of hydrogen-bond donors (Lipinski definition) is 2. The Morgan fingerprint density at radius 1 is 1.20 bits per heavy atom. The van der Waals surface area contributed by atoms with Crippen LogP contribution in [-0.2, 0) is 0 Å². The predicted molar refractivity (Wildman–Crippen MR) is 81.9 cm³/mol. The number of benzene rings is 2. The fourth-order valence-corrected chi connectivity index (χ4v) is 2.22. The second-order valence-corrected chi connectivity index (χ2v) is 4.97. The Morgan fingerprint density at radius 2 is 1.90 bits per heavy atom. The first-order valence-corrected chi connectivity index (χ1v) is 6.79. The van der Waals surface area contributed by atoms with Crippen molar-refractivity contribution in [1.82, 2.24) is 4.90 Å². The van der Waals surface area contributed by atoms with E-state index in [-0.39, 0.29) is 18.7 Å². The molecule has 2 amide bonds. The summed E-state index contributed by atoms with van der Waals surface area (Å²) in [6.45, 7) is 4.14. The van der Waals surface area contributed by atoms with E-state index in [1.165, 1.54) is 0 Å². The van der Waals surface area contributed by atoms with Gasteiger partial charge in [-0.1, -0.05) is 36.4 Å². The molecule has 2 aromatic rings. The number of nitrogens with zero attached hydrogens (tertiary/aromatic N) is 1. The van der Waals surface area contributed by atoms with Crippen LogP contribution >= 0.6 is 0 Å². The van der Waals surface area contributed by atoms with E-state index < -0.39 is 0 Å². The number of fused-ring (bicyclic) bond motifs is 1. The maximum Gasteiger partial charge on any atom is 0.322 e. The summed E-state index contributed by atoms with van der Waals surface area (Å²) in [5.74, 6) is 0. The lowest BCUT2D eigenvalue weighted by atomic mass is 10.1. The van der Waals surface area contributed by atoms with Crippen molar-refractivity contribution < 1.29 is 9.90 Å². The SMILES string of the molecule is CC(C)N(CCO)C(=O)Nc1cccc2ccccc12. The molecule has 0 heterocycles. The van der Waals surface area contributed by atoms with Crippen LogP contribution in [0.3, 0.4) is 0 Å². The van der Waals surface area contributed by atoms with E-state index in [1.807, 2.05) is 56.3 Å². The second-order valence-electron chi connectivity index (χ2n) is 4.97. The number of amides is 2. The number of rotatable bonds is 4. The van der Waals surface area contributed by atoms with Crippen LogP contribution in [0.1, 0.15) is 13.8 Å². The van der Waals surface area contributed by atoms with Gasteiger partial charge in [0.1, 0.15) is 0 Å². The van der Waals surface area contributed by atoms with E-state index in [0.29, 0.717) is 6.54 Å². The van der Waals surface area contributed by atoms with Crippen molar-refractivity contribution in [2.45, 2.75) is 19.9 Å². The summed E-state index contributed by atoms with van der Waals surface area (Å²) in [6.07, 6.45) is 0. The lowest BCUT2D eigenvalue weighted by molar-refractivity contribution is 0.172. The Bertz CT molecular complexity index is 591. The van der Waals surface area contributed by atoms with Crippen LogP contribution in [0.5, 0.6) is 0 Å². The van der Waals surface area contributed by atoms with Crippen molar-refractivity contribution in [3.8, 4) is 0 Å². The van der Waals surface area contributed by atoms with E-state index in [1.54, 1.807) is 4.90 Å². The molecule has 106 valence electrons. The van der Waals surface area contributed by atoms with Gasteiger partial charge in [0.05, 0.1) is 12.3 Å². The minimum Gasteiger partial charge on any atom is -0.395 e. The molecule has 0 atom stereocenters. The summed E-state index contributed by atoms with van der Waals surface area (Å²) in [4.78, 5) is 13.9. The Labute approximate surface area is 119 Å². The smallest absolute Gasteiger partial charge is 0.322 e. The van der Waals surface area contributed by atoms with Gasteiger partial charge < -0.3 is 15.3 Å². The fourth-order valence-electron chi connectivity index (χ4n) is 2.22. The van der Waals surface area contributed by atoms with Gasteiger partial charge in [-0.3, -0.25) is 0 Å². The van der Waals surface area contributed by atoms with Gasteiger partial charge in [-0.05, 0) is 25.3 Å². The van der Waals surface area contributed by atoms with Crippen molar-refractivity contribution in [3.05, 3.63) is 42.5 Å². The number of hydrogen-bond acceptors (Lipinski definition) is 2. The van der Waals surface area contributed by atoms with Crippen molar-refractivity contribution in [1.29, 1.82) is 0 Å². The standard InChI is InChI=1S/C16H20N2O2/c1-12(2)18(10-11-19)16(20)17-15-9-5-7-13-6-3-4-8-14(13)15/h3-9,12,19H,10-11H2,1-2H3,(H,17,20). The predicted octanol–water partition coefficient (Wildman–Crippen LogP) is 3.07. The highest BCUT2D eigenvalue weighted by Gasteiger charge is 2.16. The number of aliphatic hydroxyl groups excluding tert-OH is 1. The summed E-state index contributed by atoms with van der Waals surface area (Å²) in [6, 6.07) is 13.6. The first kappa shape index (κ1) is 14.3. The lowest BCUT2D eigenvalue weighted by Gasteiger charge is -2.26. The molecule has 0 bridgehead atoms. The summed E-state index contributed by atoms with van der Waals surface area (Å²) in [5.41, 5.74) is 0.789. The number of carbonyl (C=O) groups excluding carboxylic acids is 1. The van der Waals surface area contributed by atoms with E-state index in [4.69, 9.17) is 5.11 Å². The van der Waals surface area contributed by atoms with E-state index in [2.05, 4.69) is 5.32 Å². The van der Waals surface area contributed by atoms with Gasteiger partial charge in [0.15, 0.2) is 0 Å². The number of anilines is 1. The maximum atomic E-state index is 12.3. The molecular weight excluding hydrogens is 252 g/mol. The fraction of sp³-hybridized carbons (Fsp3) is 0.312. The third-order valence-corrected chi connectivity index (χ3v) is 3.26. The summed E-state index contributed by atoms with van der Waals surface area (Å²) in [7, 11) is 0. The molecule has 2 rings (SSSR count). The number of urea groups is 1. The zero-order valence-corrected chi connectivity index (χ0v) is 11.8. The Hall–Kier alpha value is -2.07. The number of nitrogens with one attached hydrogen (secondary N) is 1. The van der Waals surface area contributed by atoms with Crippen LogP contribution in [0, 0.1) is 0 Å². The van der Waals surface area contributed by atoms with E-state index in [9.17, 15) is 4.79 Å². The molecule has 0 radical (unpaired) electrons. The molecule has 4 heteroatoms. The Morgan fingerprint density at radius 3 is 2.60 bits per heavy atom. The highest BCUT2D eigenvalue weighted by atomic mass is 16.3. The molecular formula is C16H20N2O2. The van der Waals surface area contributed by atoms with Crippen LogP contribution in [-0.4, -0.2) is 35.2 Å². The van der Waals surface area contributed by atoms with Crippen molar-refractivity contribution in [2.24, 2.45) is 0 Å². The van der Waals surface area contributed by atoms with E-state index in [0.717, 1.165) is 16.5 Å². The molecule has 0 aromatic heterocycles. The first-order chi connectivity index (χ1) is 9.63. The molecule has 0 saturated carbocycles. The minimum absolute atomic E-state index is 0.0390. The number of carbonyl (C=O) groups is 1. The zero-order chi connectivity index (χ0) is 14.5. The van der Waals surface area contributed by atoms with Gasteiger partial charge in [-0.25, -0.2) is 4.79 Å². The highest BCUT2D eigenvalue weighted by molar-refractivity contribution is 6.01. The first-order valence-electron chi connectivity index (χ1n) is 6.79. The average Bonchev–Trinajstić information content (AvgIpc) is 2.44. The topological polar surface area (TPSA) is 52.6 Å². The summed E-state index contributed by atoms with van der Waals surface area (Å²) < 4.78 is 0. The quantitative estimate of drug-likeness (QED) is 0.898. The van der Waals surface area contributed by atoms with Gasteiger partial charge in [0, 0.05) is 18.0 Å². The second kappa shape index (κ2) is 6.39. The van der Waals surface area contributed by atoms with Crippen LogP contribution in [0.4, 0.5) is 10.5 Å². The molecule has 0 saturated heterocycles. The maximum absolute atomic E-state index is 12.3. The van der Waals surface area contributed by atoms with Crippen LogP contribution in [0.15, 0.2) is 42.5 Å². The monoisotopic (exact) mass is 272 g/mol. The van der Waals surface area contributed by atoms with Crippen molar-refractivity contribution in [2.75, 3.05) is 18.5 Å². The molecule has 20 heavy (non-hydrogen) atoms. The highest BCUT2D eigenvalue weighted by Crippen LogP contribution is 2.23. The van der Waals surface area contributed by atoms with Gasteiger partial charge >= 0.3 is 6.03 Å². The largest absolute Gasteiger partial charge is 0.395 e. The summed E-state index contributed by atoms with van der Waals surface area (Å²) in [5, 5.41) is 14.1. The summed E-state index contributed by atoms with van der Waals surface area (Å²) >= 11 is 0. The van der Waals surface area contributed by atoms with Gasteiger partial charge in [-0.2, -0.15) is 0 Å². The van der Waals surface area contributed by atoms with Crippen molar-refractivity contribution >= 4 is 22.5 Å². The van der Waals surface area contributed by atoms with Crippen LogP contribution in [0.25, 0.3) is 10.8 Å². The molecule has 2 N–H and O–H groups in total. The van der Waals surface area contributed by atoms with Crippen LogP contribution in [0.2, 0.25) is 0 Å². The van der Waals surface area contributed by atoms with Gasteiger partial charge in [0.2, 0.25) is 0 Å². The third kappa shape index (κ3) is 3.08. The molecule has 0 spiro atoms. The van der Waals surface area contributed by atoms with Gasteiger partial charge in [-0.15, -0.1) is 0 Å². The Kier molecular flexibility index (Phi) is 4.58. The number of aliphatic hydroxyl groups is 1. The van der Waals surface area contributed by atoms with Crippen LogP contribution < -0.4 is 5.32 Å². The molecule has 2 aromatic carbocycles. The van der Waals surface area contributed by atoms with E-state index >= 15 is 0 Å².